The topological polar surface area (TPSA) is 20.2 Å². The van der Waals surface area contributed by atoms with Crippen molar-refractivity contribution in [2.24, 2.45) is 0 Å². The summed E-state index contributed by atoms with van der Waals surface area (Å²) in [5, 5.41) is 10.1. The van der Waals surface area contributed by atoms with Crippen molar-refractivity contribution in [2.45, 2.75) is 32.3 Å². The molecule has 0 atom stereocenters. The zero-order chi connectivity index (χ0) is 11.6. The Hall–Kier alpha value is -0.480. The maximum Gasteiger partial charge on any atom is 0.146 e. The van der Waals surface area contributed by atoms with Crippen LogP contribution in [0.4, 0.5) is 8.78 Å². The molecular weight excluding hydrogens is 266 g/mol. The van der Waals surface area contributed by atoms with E-state index in [2.05, 4.69) is 15.9 Å². The molecule has 0 heterocycles. The summed E-state index contributed by atoms with van der Waals surface area (Å²) in [5.41, 5.74) is -1.68. The fraction of sp³-hybridized carbons (Fsp3) is 0.455. The maximum absolute atomic E-state index is 13.7. The van der Waals surface area contributed by atoms with Crippen LogP contribution in [0, 0.1) is 11.6 Å². The van der Waals surface area contributed by atoms with Crippen molar-refractivity contribution >= 4 is 15.9 Å². The summed E-state index contributed by atoms with van der Waals surface area (Å²) in [6.45, 7) is 3.40. The molecule has 0 radical (unpaired) electrons. The van der Waals surface area contributed by atoms with Crippen LogP contribution in [0.3, 0.4) is 0 Å². The lowest BCUT2D eigenvalue weighted by molar-refractivity contribution is 0.0210. The standard InChI is InChI=1S/C11H13BrF2O/c1-3-11(15,4-2)9-8(13)6-5-7(12)10(9)14/h5-6,15H,3-4H2,1-2H3. The summed E-state index contributed by atoms with van der Waals surface area (Å²) in [6.07, 6.45) is 0.543. The van der Waals surface area contributed by atoms with Gasteiger partial charge in [-0.15, -0.1) is 0 Å². The summed E-state index contributed by atoms with van der Waals surface area (Å²) >= 11 is 2.98. The van der Waals surface area contributed by atoms with Gasteiger partial charge in [-0.05, 0) is 40.9 Å². The van der Waals surface area contributed by atoms with Crippen molar-refractivity contribution in [3.05, 3.63) is 33.8 Å². The molecule has 1 aromatic rings. The molecule has 84 valence electrons. The Kier molecular flexibility index (Phi) is 3.84. The minimum atomic E-state index is -1.43. The molecule has 0 unspecified atom stereocenters. The van der Waals surface area contributed by atoms with E-state index in [0.717, 1.165) is 6.07 Å². The molecule has 1 aromatic carbocycles. The first-order valence-corrected chi connectivity index (χ1v) is 5.62. The Morgan fingerprint density at radius 1 is 1.27 bits per heavy atom. The number of hydrogen-bond donors (Lipinski definition) is 1. The molecule has 0 aliphatic carbocycles. The minimum absolute atomic E-state index is 0.166. The molecule has 1 nitrogen and oxygen atoms in total. The Balaban J connectivity index is 3.41. The third-order valence-corrected chi connectivity index (χ3v) is 3.29. The zero-order valence-corrected chi connectivity index (χ0v) is 10.2. The molecule has 4 heteroatoms. The van der Waals surface area contributed by atoms with E-state index < -0.39 is 17.2 Å². The van der Waals surface area contributed by atoms with E-state index in [4.69, 9.17) is 0 Å². The fourth-order valence-electron chi connectivity index (χ4n) is 1.56. The highest BCUT2D eigenvalue weighted by molar-refractivity contribution is 9.10. The van der Waals surface area contributed by atoms with Crippen LogP contribution in [-0.2, 0) is 5.60 Å². The number of hydrogen-bond acceptors (Lipinski definition) is 1. The van der Waals surface area contributed by atoms with E-state index in [9.17, 15) is 13.9 Å². The van der Waals surface area contributed by atoms with Crippen LogP contribution in [0.2, 0.25) is 0 Å². The Bertz CT molecular complexity index is 362. The van der Waals surface area contributed by atoms with Gasteiger partial charge in [0, 0.05) is 0 Å². The average molecular weight is 279 g/mol. The molecule has 0 spiro atoms. The molecule has 0 saturated heterocycles. The van der Waals surface area contributed by atoms with Crippen LogP contribution < -0.4 is 0 Å². The zero-order valence-electron chi connectivity index (χ0n) is 8.65. The minimum Gasteiger partial charge on any atom is -0.385 e. The summed E-state index contributed by atoms with van der Waals surface area (Å²) in [7, 11) is 0. The van der Waals surface area contributed by atoms with Gasteiger partial charge in [0.05, 0.1) is 15.6 Å². The van der Waals surface area contributed by atoms with Crippen molar-refractivity contribution in [2.75, 3.05) is 0 Å². The van der Waals surface area contributed by atoms with Crippen LogP contribution in [-0.4, -0.2) is 5.11 Å². The lowest BCUT2D eigenvalue weighted by atomic mass is 9.88. The summed E-state index contributed by atoms with van der Waals surface area (Å²) in [6, 6.07) is 2.44. The summed E-state index contributed by atoms with van der Waals surface area (Å²) in [5.74, 6) is -1.43. The Morgan fingerprint density at radius 3 is 2.27 bits per heavy atom. The molecule has 0 fully saturated rings. The van der Waals surface area contributed by atoms with Gasteiger partial charge >= 0.3 is 0 Å². The second kappa shape index (κ2) is 4.58. The van der Waals surface area contributed by atoms with Crippen molar-refractivity contribution in [3.63, 3.8) is 0 Å². The number of rotatable bonds is 3. The first-order chi connectivity index (χ1) is 6.96. The van der Waals surface area contributed by atoms with Crippen LogP contribution in [0.1, 0.15) is 32.3 Å². The van der Waals surface area contributed by atoms with Gasteiger partial charge in [-0.1, -0.05) is 13.8 Å². The van der Waals surface area contributed by atoms with Crippen LogP contribution >= 0.6 is 15.9 Å². The first kappa shape index (κ1) is 12.6. The average Bonchev–Trinajstić information content (AvgIpc) is 2.23. The van der Waals surface area contributed by atoms with Gasteiger partial charge in [0.15, 0.2) is 0 Å². The van der Waals surface area contributed by atoms with E-state index in [1.165, 1.54) is 6.07 Å². The SMILES string of the molecule is CCC(O)(CC)c1c(F)ccc(Br)c1F. The lowest BCUT2D eigenvalue weighted by Gasteiger charge is -2.26. The molecule has 0 aliphatic rings. The van der Waals surface area contributed by atoms with Crippen molar-refractivity contribution in [1.29, 1.82) is 0 Å². The lowest BCUT2D eigenvalue weighted by Crippen LogP contribution is -2.26. The molecule has 0 saturated carbocycles. The first-order valence-electron chi connectivity index (χ1n) is 4.82. The quantitative estimate of drug-likeness (QED) is 0.836. The van der Waals surface area contributed by atoms with Gasteiger partial charge in [0.25, 0.3) is 0 Å². The smallest absolute Gasteiger partial charge is 0.146 e. The highest BCUT2D eigenvalue weighted by atomic mass is 79.9. The van der Waals surface area contributed by atoms with E-state index in [-0.39, 0.29) is 22.9 Å². The normalized spacial score (nSPS) is 11.9. The van der Waals surface area contributed by atoms with E-state index in [1.54, 1.807) is 13.8 Å². The van der Waals surface area contributed by atoms with Crippen molar-refractivity contribution < 1.29 is 13.9 Å². The summed E-state index contributed by atoms with van der Waals surface area (Å²) < 4.78 is 27.3. The fourth-order valence-corrected chi connectivity index (χ4v) is 1.89. The van der Waals surface area contributed by atoms with Gasteiger partial charge in [-0.25, -0.2) is 8.78 Å². The van der Waals surface area contributed by atoms with Gasteiger partial charge in [-0.3, -0.25) is 0 Å². The molecule has 15 heavy (non-hydrogen) atoms. The van der Waals surface area contributed by atoms with Crippen molar-refractivity contribution in [3.8, 4) is 0 Å². The highest BCUT2D eigenvalue weighted by Gasteiger charge is 2.32. The Labute approximate surface area is 96.2 Å². The predicted molar refractivity (Wildman–Crippen MR) is 58.5 cm³/mol. The molecule has 0 amide bonds. The van der Waals surface area contributed by atoms with E-state index in [0.29, 0.717) is 0 Å². The predicted octanol–water partition coefficient (Wildman–Crippen LogP) is 3.73. The highest BCUT2D eigenvalue weighted by Crippen LogP contribution is 2.35. The van der Waals surface area contributed by atoms with E-state index in [1.807, 2.05) is 0 Å². The maximum atomic E-state index is 13.7. The summed E-state index contributed by atoms with van der Waals surface area (Å²) in [4.78, 5) is 0. The number of halogens is 3. The second-order valence-electron chi connectivity index (χ2n) is 3.46. The molecule has 0 bridgehead atoms. The molecule has 0 aromatic heterocycles. The number of aliphatic hydroxyl groups is 1. The number of benzene rings is 1. The van der Waals surface area contributed by atoms with Crippen LogP contribution in [0.5, 0.6) is 0 Å². The van der Waals surface area contributed by atoms with Crippen molar-refractivity contribution in [1.82, 2.24) is 0 Å². The van der Waals surface area contributed by atoms with Gasteiger partial charge in [-0.2, -0.15) is 0 Å². The Morgan fingerprint density at radius 2 is 1.80 bits per heavy atom. The van der Waals surface area contributed by atoms with Gasteiger partial charge in [0.2, 0.25) is 0 Å². The van der Waals surface area contributed by atoms with Crippen LogP contribution in [0.15, 0.2) is 16.6 Å². The van der Waals surface area contributed by atoms with Gasteiger partial charge in [0.1, 0.15) is 11.6 Å². The second-order valence-corrected chi connectivity index (χ2v) is 4.31. The molecule has 1 rings (SSSR count). The largest absolute Gasteiger partial charge is 0.385 e. The third-order valence-electron chi connectivity index (χ3n) is 2.68. The molecule has 1 N–H and O–H groups in total. The van der Waals surface area contributed by atoms with Crippen LogP contribution in [0.25, 0.3) is 0 Å². The molecular formula is C11H13BrF2O. The third kappa shape index (κ3) is 2.21. The monoisotopic (exact) mass is 278 g/mol. The van der Waals surface area contributed by atoms with E-state index >= 15 is 0 Å². The van der Waals surface area contributed by atoms with Gasteiger partial charge < -0.3 is 5.11 Å². The molecule has 0 aliphatic heterocycles.